The molecule has 26 heavy (non-hydrogen) atoms. The highest BCUT2D eigenvalue weighted by molar-refractivity contribution is 5.91. The molecular weight excluding hydrogens is 322 g/mol. The van der Waals surface area contributed by atoms with Crippen molar-refractivity contribution in [2.45, 2.75) is 38.6 Å². The number of aromatic nitrogens is 2. The quantitative estimate of drug-likeness (QED) is 0.679. The van der Waals surface area contributed by atoms with Gasteiger partial charge in [0, 0.05) is 23.0 Å². The van der Waals surface area contributed by atoms with Gasteiger partial charge in [0.1, 0.15) is 12.0 Å². The molecule has 3 aliphatic heterocycles. The van der Waals surface area contributed by atoms with E-state index in [0.717, 1.165) is 24.4 Å². The number of oxazole rings is 1. The summed E-state index contributed by atoms with van der Waals surface area (Å²) in [6, 6.07) is 9.33. The van der Waals surface area contributed by atoms with Crippen LogP contribution in [-0.4, -0.2) is 27.5 Å². The molecule has 1 aromatic carbocycles. The van der Waals surface area contributed by atoms with Crippen molar-refractivity contribution >= 4 is 16.6 Å². The van der Waals surface area contributed by atoms with Gasteiger partial charge in [0.05, 0.1) is 17.8 Å². The molecule has 5 heterocycles. The average molecular weight is 345 g/mol. The molecule has 6 rings (SSSR count). The molecule has 3 aromatic rings. The topological polar surface area (TPSA) is 34.2 Å². The minimum absolute atomic E-state index is 0.182. The van der Waals surface area contributed by atoms with E-state index in [4.69, 9.17) is 4.42 Å². The largest absolute Gasteiger partial charge is 0.443 e. The molecule has 2 aromatic heterocycles. The standard InChI is InChI=1S/C22H23N3O/c1-2-22-9-5-11-24-12-8-16-15-6-3-4-7-17(15)25(19(16)20(22)24)18(14-22)21-23-10-13-26-21/h3-4,6-7,10,13-14,20H,2,5,8-9,11-12H2,1H3/t20-,22+/m1/s1. The van der Waals surface area contributed by atoms with Gasteiger partial charge in [-0.3, -0.25) is 4.90 Å². The molecule has 3 aliphatic rings. The number of benzene rings is 1. The Morgan fingerprint density at radius 1 is 1.27 bits per heavy atom. The summed E-state index contributed by atoms with van der Waals surface area (Å²) in [6.07, 6.45) is 10.7. The van der Waals surface area contributed by atoms with E-state index in [-0.39, 0.29) is 5.41 Å². The third kappa shape index (κ3) is 1.71. The summed E-state index contributed by atoms with van der Waals surface area (Å²) in [7, 11) is 0. The van der Waals surface area contributed by atoms with E-state index in [9.17, 15) is 0 Å². The van der Waals surface area contributed by atoms with Gasteiger partial charge in [-0.25, -0.2) is 4.98 Å². The number of nitrogens with zero attached hydrogens (tertiary/aromatic N) is 3. The lowest BCUT2D eigenvalue weighted by Gasteiger charge is -2.53. The van der Waals surface area contributed by atoms with Gasteiger partial charge in [-0.1, -0.05) is 25.1 Å². The second kappa shape index (κ2) is 5.10. The predicted octanol–water partition coefficient (Wildman–Crippen LogP) is 4.62. The lowest BCUT2D eigenvalue weighted by Crippen LogP contribution is -2.50. The number of fused-ring (bicyclic) bond motifs is 3. The second-order valence-corrected chi connectivity index (χ2v) is 7.96. The second-order valence-electron chi connectivity index (χ2n) is 7.96. The monoisotopic (exact) mass is 345 g/mol. The molecular formula is C22H23N3O. The minimum atomic E-state index is 0.182. The number of hydrogen-bond donors (Lipinski definition) is 0. The number of piperidine rings is 1. The summed E-state index contributed by atoms with van der Waals surface area (Å²) < 4.78 is 8.24. The maximum atomic E-state index is 5.79. The van der Waals surface area contributed by atoms with Crippen LogP contribution >= 0.6 is 0 Å². The fourth-order valence-electron chi connectivity index (χ4n) is 5.79. The molecule has 1 saturated heterocycles. The van der Waals surface area contributed by atoms with Crippen LogP contribution in [0.5, 0.6) is 0 Å². The molecule has 0 aliphatic carbocycles. The van der Waals surface area contributed by atoms with E-state index in [1.165, 1.54) is 42.5 Å². The average Bonchev–Trinajstić information content (AvgIpc) is 3.33. The van der Waals surface area contributed by atoms with Crippen molar-refractivity contribution in [3.63, 3.8) is 0 Å². The highest BCUT2D eigenvalue weighted by Crippen LogP contribution is 2.57. The van der Waals surface area contributed by atoms with Gasteiger partial charge < -0.3 is 8.98 Å². The van der Waals surface area contributed by atoms with Gasteiger partial charge in [0.25, 0.3) is 0 Å². The van der Waals surface area contributed by atoms with Gasteiger partial charge in [-0.05, 0) is 49.9 Å². The molecule has 0 bridgehead atoms. The van der Waals surface area contributed by atoms with Crippen molar-refractivity contribution in [2.24, 2.45) is 5.41 Å². The SMILES string of the molecule is CC[C@@]12C=C(c3ncco3)n3c4c(c5ccccc53)CCN(CCC1)[C@H]42. The highest BCUT2D eigenvalue weighted by atomic mass is 16.3. The molecule has 0 unspecified atom stereocenters. The Bertz CT molecular complexity index is 1030. The molecule has 4 heteroatoms. The van der Waals surface area contributed by atoms with Crippen LogP contribution in [0.15, 0.2) is 47.2 Å². The molecule has 0 saturated carbocycles. The van der Waals surface area contributed by atoms with Crippen molar-refractivity contribution in [1.29, 1.82) is 0 Å². The lowest BCUT2D eigenvalue weighted by molar-refractivity contribution is 0.0269. The van der Waals surface area contributed by atoms with Crippen molar-refractivity contribution in [3.05, 3.63) is 59.9 Å². The van der Waals surface area contributed by atoms with Gasteiger partial charge in [0.15, 0.2) is 0 Å². The maximum Gasteiger partial charge on any atom is 0.243 e. The van der Waals surface area contributed by atoms with E-state index in [1.54, 1.807) is 18.0 Å². The van der Waals surface area contributed by atoms with Crippen molar-refractivity contribution in [1.82, 2.24) is 14.5 Å². The van der Waals surface area contributed by atoms with Gasteiger partial charge >= 0.3 is 0 Å². The van der Waals surface area contributed by atoms with E-state index in [2.05, 4.69) is 51.7 Å². The zero-order chi connectivity index (χ0) is 17.3. The first-order valence-electron chi connectivity index (χ1n) is 9.82. The van der Waals surface area contributed by atoms with Crippen molar-refractivity contribution in [3.8, 4) is 0 Å². The Balaban J connectivity index is 1.75. The van der Waals surface area contributed by atoms with Crippen LogP contribution in [-0.2, 0) is 6.42 Å². The predicted molar refractivity (Wildman–Crippen MR) is 102 cm³/mol. The highest BCUT2D eigenvalue weighted by Gasteiger charge is 2.50. The summed E-state index contributed by atoms with van der Waals surface area (Å²) >= 11 is 0. The fourth-order valence-corrected chi connectivity index (χ4v) is 5.79. The first-order valence-corrected chi connectivity index (χ1v) is 9.82. The molecule has 0 spiro atoms. The normalized spacial score (nSPS) is 27.4. The summed E-state index contributed by atoms with van der Waals surface area (Å²) in [5, 5.41) is 1.40. The van der Waals surface area contributed by atoms with Gasteiger partial charge in [0.2, 0.25) is 5.89 Å². The molecule has 0 N–H and O–H groups in total. The van der Waals surface area contributed by atoms with Crippen LogP contribution in [0.1, 0.15) is 49.4 Å². The first kappa shape index (κ1) is 14.8. The Kier molecular flexibility index (Phi) is 2.91. The Hall–Kier alpha value is -2.33. The third-order valence-electron chi connectivity index (χ3n) is 6.90. The Labute approximate surface area is 153 Å². The van der Waals surface area contributed by atoms with Crippen LogP contribution in [0.25, 0.3) is 16.6 Å². The third-order valence-corrected chi connectivity index (χ3v) is 6.90. The van der Waals surface area contributed by atoms with Crippen molar-refractivity contribution in [2.75, 3.05) is 13.1 Å². The van der Waals surface area contributed by atoms with Gasteiger partial charge in [-0.2, -0.15) is 0 Å². The molecule has 132 valence electrons. The maximum absolute atomic E-state index is 5.79. The summed E-state index contributed by atoms with van der Waals surface area (Å²) in [5.41, 5.74) is 5.64. The van der Waals surface area contributed by atoms with E-state index >= 15 is 0 Å². The summed E-state index contributed by atoms with van der Waals surface area (Å²) in [5.74, 6) is 0.738. The molecule has 4 nitrogen and oxygen atoms in total. The minimum Gasteiger partial charge on any atom is -0.443 e. The number of para-hydroxylation sites is 1. The lowest BCUT2D eigenvalue weighted by atomic mass is 9.66. The van der Waals surface area contributed by atoms with Gasteiger partial charge in [-0.15, -0.1) is 0 Å². The molecule has 1 fully saturated rings. The van der Waals surface area contributed by atoms with E-state index < -0.39 is 0 Å². The Morgan fingerprint density at radius 3 is 3.04 bits per heavy atom. The summed E-state index contributed by atoms with van der Waals surface area (Å²) in [4.78, 5) is 7.26. The van der Waals surface area contributed by atoms with Crippen molar-refractivity contribution < 1.29 is 4.42 Å². The van der Waals surface area contributed by atoms with Crippen LogP contribution < -0.4 is 0 Å². The molecule has 0 amide bonds. The molecule has 2 atom stereocenters. The van der Waals surface area contributed by atoms with Crippen LogP contribution in [0.4, 0.5) is 0 Å². The smallest absolute Gasteiger partial charge is 0.243 e. The zero-order valence-corrected chi connectivity index (χ0v) is 15.1. The fraction of sp³-hybridized carbons (Fsp3) is 0.409. The Morgan fingerprint density at radius 2 is 2.19 bits per heavy atom. The first-order chi connectivity index (χ1) is 12.8. The van der Waals surface area contributed by atoms with Crippen LogP contribution in [0.3, 0.4) is 0 Å². The van der Waals surface area contributed by atoms with E-state index in [1.807, 2.05) is 0 Å². The van der Waals surface area contributed by atoms with Crippen LogP contribution in [0.2, 0.25) is 0 Å². The van der Waals surface area contributed by atoms with Crippen LogP contribution in [0, 0.1) is 5.41 Å². The number of hydrogen-bond acceptors (Lipinski definition) is 3. The number of rotatable bonds is 2. The van der Waals surface area contributed by atoms with E-state index in [0.29, 0.717) is 6.04 Å². The summed E-state index contributed by atoms with van der Waals surface area (Å²) in [6.45, 7) is 4.74. The zero-order valence-electron chi connectivity index (χ0n) is 15.1. The molecule has 0 radical (unpaired) electrons.